The van der Waals surface area contributed by atoms with Gasteiger partial charge >= 0.3 is 0 Å². The van der Waals surface area contributed by atoms with Crippen molar-refractivity contribution in [2.75, 3.05) is 19.4 Å². The van der Waals surface area contributed by atoms with Crippen LogP contribution in [0, 0.1) is 0 Å². The number of nitrogens with zero attached hydrogens (tertiary/aromatic N) is 2. The Kier molecular flexibility index (Phi) is 5.41. The molecule has 0 aliphatic carbocycles. The van der Waals surface area contributed by atoms with Crippen LogP contribution in [0.2, 0.25) is 5.15 Å². The molecule has 1 N–H and O–H groups in total. The number of rotatable bonds is 3. The lowest BCUT2D eigenvalue weighted by atomic mass is 10.2. The molecule has 0 bridgehead atoms. The number of hydrogen-bond acceptors (Lipinski definition) is 4. The molecule has 0 aliphatic rings. The average Bonchev–Trinajstić information content (AvgIpc) is 2.48. The van der Waals surface area contributed by atoms with E-state index in [4.69, 9.17) is 11.6 Å². The van der Waals surface area contributed by atoms with Gasteiger partial charge in [0, 0.05) is 30.9 Å². The van der Waals surface area contributed by atoms with Crippen molar-refractivity contribution in [3.63, 3.8) is 0 Å². The molecule has 7 heteroatoms. The zero-order valence-electron chi connectivity index (χ0n) is 12.0. The Hall–Kier alpha value is -2.05. The topological polar surface area (TPSA) is 62.3 Å². The molecule has 0 fully saturated rings. The Balaban J connectivity index is 2.08. The third-order valence-corrected chi connectivity index (χ3v) is 3.90. The van der Waals surface area contributed by atoms with Gasteiger partial charge in [-0.3, -0.25) is 9.59 Å². The van der Waals surface area contributed by atoms with Crippen molar-refractivity contribution >= 4 is 40.2 Å². The van der Waals surface area contributed by atoms with Crippen molar-refractivity contribution in [1.29, 1.82) is 0 Å². The van der Waals surface area contributed by atoms with Crippen molar-refractivity contribution in [3.05, 3.63) is 53.3 Å². The normalized spacial score (nSPS) is 10.1. The van der Waals surface area contributed by atoms with Crippen LogP contribution in [-0.4, -0.2) is 35.1 Å². The largest absolute Gasteiger partial charge is 0.339 e. The van der Waals surface area contributed by atoms with Crippen LogP contribution < -0.4 is 5.32 Å². The number of carbonyl (C=O) groups excluding carboxylic acids is 2. The van der Waals surface area contributed by atoms with Gasteiger partial charge in [-0.15, -0.1) is 0 Å². The molecule has 2 rings (SSSR count). The number of thioether (sulfide) groups is 1. The van der Waals surface area contributed by atoms with Crippen LogP contribution >= 0.6 is 23.4 Å². The highest BCUT2D eigenvalue weighted by molar-refractivity contribution is 8.13. The number of benzene rings is 1. The van der Waals surface area contributed by atoms with Gasteiger partial charge in [0.1, 0.15) is 5.15 Å². The summed E-state index contributed by atoms with van der Waals surface area (Å²) >= 11 is 6.79. The standard InChI is InChI=1S/C15H14ClN3O2S/c1-19(2)15(21)22-12-5-3-4-11(8-12)18-14(20)10-6-7-13(16)17-9-10/h3-9H,1-2H3,(H,18,20). The first-order valence-electron chi connectivity index (χ1n) is 6.38. The SMILES string of the molecule is CN(C)C(=O)Sc1cccc(NC(=O)c2ccc(Cl)nc2)c1. The van der Waals surface area contributed by atoms with Crippen molar-refractivity contribution in [1.82, 2.24) is 9.88 Å². The summed E-state index contributed by atoms with van der Waals surface area (Å²) < 4.78 is 0. The van der Waals surface area contributed by atoms with E-state index in [0.717, 1.165) is 16.7 Å². The smallest absolute Gasteiger partial charge is 0.285 e. The number of anilines is 1. The third-order valence-electron chi connectivity index (χ3n) is 2.65. The minimum Gasteiger partial charge on any atom is -0.339 e. The second kappa shape index (κ2) is 7.29. The fourth-order valence-electron chi connectivity index (χ4n) is 1.54. The summed E-state index contributed by atoms with van der Waals surface area (Å²) in [4.78, 5) is 29.9. The molecule has 5 nitrogen and oxygen atoms in total. The number of halogens is 1. The van der Waals surface area contributed by atoms with Gasteiger partial charge in [0.15, 0.2) is 0 Å². The first-order valence-corrected chi connectivity index (χ1v) is 7.57. The molecular formula is C15H14ClN3O2S. The molecule has 2 amide bonds. The molecule has 0 spiro atoms. The summed E-state index contributed by atoms with van der Waals surface area (Å²) in [5.41, 5.74) is 1.02. The molecule has 0 saturated carbocycles. The lowest BCUT2D eigenvalue weighted by molar-refractivity contribution is 0.102. The van der Waals surface area contributed by atoms with E-state index in [-0.39, 0.29) is 11.1 Å². The van der Waals surface area contributed by atoms with Crippen LogP contribution in [-0.2, 0) is 0 Å². The maximum atomic E-state index is 12.1. The van der Waals surface area contributed by atoms with Crippen LogP contribution in [0.1, 0.15) is 10.4 Å². The summed E-state index contributed by atoms with van der Waals surface area (Å²) in [6.07, 6.45) is 1.41. The molecular weight excluding hydrogens is 322 g/mol. The van der Waals surface area contributed by atoms with E-state index in [9.17, 15) is 9.59 Å². The Labute approximate surface area is 137 Å². The molecule has 2 aromatic rings. The fraction of sp³-hybridized carbons (Fsp3) is 0.133. The van der Waals surface area contributed by atoms with Crippen molar-refractivity contribution < 1.29 is 9.59 Å². The van der Waals surface area contributed by atoms with E-state index < -0.39 is 0 Å². The lowest BCUT2D eigenvalue weighted by Gasteiger charge is -2.10. The van der Waals surface area contributed by atoms with Crippen molar-refractivity contribution in [3.8, 4) is 0 Å². The maximum Gasteiger partial charge on any atom is 0.285 e. The average molecular weight is 336 g/mol. The number of carbonyl (C=O) groups is 2. The minimum absolute atomic E-state index is 0.0784. The first kappa shape index (κ1) is 16.3. The Morgan fingerprint density at radius 1 is 1.23 bits per heavy atom. The Bertz CT molecular complexity index is 689. The predicted octanol–water partition coefficient (Wildman–Crippen LogP) is 3.76. The van der Waals surface area contributed by atoms with Crippen molar-refractivity contribution in [2.24, 2.45) is 0 Å². The highest BCUT2D eigenvalue weighted by atomic mass is 35.5. The summed E-state index contributed by atoms with van der Waals surface area (Å²) in [6, 6.07) is 10.2. The summed E-state index contributed by atoms with van der Waals surface area (Å²) in [6.45, 7) is 0. The van der Waals surface area contributed by atoms with Crippen LogP contribution in [0.5, 0.6) is 0 Å². The highest BCUT2D eigenvalue weighted by Crippen LogP contribution is 2.23. The summed E-state index contributed by atoms with van der Waals surface area (Å²) in [5, 5.41) is 3.01. The van der Waals surface area contributed by atoms with Gasteiger partial charge in [0.05, 0.1) is 5.56 Å². The van der Waals surface area contributed by atoms with Gasteiger partial charge in [-0.25, -0.2) is 4.98 Å². The van der Waals surface area contributed by atoms with E-state index in [1.54, 1.807) is 44.4 Å². The predicted molar refractivity (Wildman–Crippen MR) is 88.6 cm³/mol. The van der Waals surface area contributed by atoms with E-state index in [1.165, 1.54) is 11.1 Å². The second-order valence-corrected chi connectivity index (χ2v) is 6.03. The Morgan fingerprint density at radius 2 is 2.00 bits per heavy atom. The molecule has 1 aromatic carbocycles. The van der Waals surface area contributed by atoms with Gasteiger partial charge in [0.25, 0.3) is 11.1 Å². The van der Waals surface area contributed by atoms with Gasteiger partial charge in [-0.2, -0.15) is 0 Å². The molecule has 1 aromatic heterocycles. The number of hydrogen-bond donors (Lipinski definition) is 1. The summed E-state index contributed by atoms with van der Waals surface area (Å²) in [7, 11) is 3.38. The molecule has 114 valence electrons. The van der Waals surface area contributed by atoms with Crippen LogP contribution in [0.25, 0.3) is 0 Å². The fourth-order valence-corrected chi connectivity index (χ4v) is 2.37. The third kappa shape index (κ3) is 4.47. The van der Waals surface area contributed by atoms with Gasteiger partial charge in [0.2, 0.25) is 0 Å². The van der Waals surface area contributed by atoms with Crippen molar-refractivity contribution in [2.45, 2.75) is 4.90 Å². The van der Waals surface area contributed by atoms with E-state index in [0.29, 0.717) is 16.4 Å². The van der Waals surface area contributed by atoms with Gasteiger partial charge in [-0.1, -0.05) is 17.7 Å². The Morgan fingerprint density at radius 3 is 2.64 bits per heavy atom. The van der Waals surface area contributed by atoms with Crippen LogP contribution in [0.4, 0.5) is 10.5 Å². The maximum absolute atomic E-state index is 12.1. The molecule has 0 radical (unpaired) electrons. The zero-order valence-corrected chi connectivity index (χ0v) is 13.6. The number of amides is 2. The van der Waals surface area contributed by atoms with E-state index in [1.807, 2.05) is 6.07 Å². The molecule has 1 heterocycles. The molecule has 22 heavy (non-hydrogen) atoms. The number of nitrogens with one attached hydrogen (secondary N) is 1. The van der Waals surface area contributed by atoms with Gasteiger partial charge in [-0.05, 0) is 42.1 Å². The number of pyridine rings is 1. The number of aromatic nitrogens is 1. The monoisotopic (exact) mass is 335 g/mol. The van der Waals surface area contributed by atoms with Gasteiger partial charge < -0.3 is 10.2 Å². The van der Waals surface area contributed by atoms with E-state index >= 15 is 0 Å². The zero-order chi connectivity index (χ0) is 16.1. The quantitative estimate of drug-likeness (QED) is 0.685. The molecule has 0 atom stereocenters. The van der Waals surface area contributed by atoms with E-state index in [2.05, 4.69) is 10.3 Å². The summed E-state index contributed by atoms with van der Waals surface area (Å²) in [5.74, 6) is -0.287. The molecule has 0 aliphatic heterocycles. The molecule has 0 unspecified atom stereocenters. The van der Waals surface area contributed by atoms with Crippen LogP contribution in [0.15, 0.2) is 47.5 Å². The first-order chi connectivity index (χ1) is 10.5. The lowest BCUT2D eigenvalue weighted by Crippen LogP contribution is -2.16. The highest BCUT2D eigenvalue weighted by Gasteiger charge is 2.09. The minimum atomic E-state index is -0.287. The second-order valence-electron chi connectivity index (χ2n) is 4.61. The molecule has 0 saturated heterocycles. The van der Waals surface area contributed by atoms with Crippen LogP contribution in [0.3, 0.4) is 0 Å².